The Morgan fingerprint density at radius 1 is 1.27 bits per heavy atom. The Bertz CT molecular complexity index is 699. The molecule has 1 heterocycles. The molecule has 0 radical (unpaired) electrons. The molecule has 4 heteroatoms. The molecule has 2 aromatic carbocycles. The number of hydrogen-bond donors (Lipinski definition) is 0. The number of amides is 1. The molecule has 3 rings (SSSR count). The second kappa shape index (κ2) is 6.44. The van der Waals surface area contributed by atoms with Gasteiger partial charge in [-0.1, -0.05) is 12.1 Å². The lowest BCUT2D eigenvalue weighted by molar-refractivity contribution is 0.0987. The Labute approximate surface area is 135 Å². The third-order valence-corrected chi connectivity index (χ3v) is 4.74. The van der Waals surface area contributed by atoms with Gasteiger partial charge in [0, 0.05) is 22.8 Å². The van der Waals surface area contributed by atoms with Crippen molar-refractivity contribution in [3.8, 4) is 5.75 Å². The van der Waals surface area contributed by atoms with Crippen molar-refractivity contribution < 1.29 is 9.53 Å². The molecule has 1 aliphatic rings. The van der Waals surface area contributed by atoms with Crippen LogP contribution in [0, 0.1) is 6.92 Å². The quantitative estimate of drug-likeness (QED) is 0.852. The summed E-state index contributed by atoms with van der Waals surface area (Å²) in [6, 6.07) is 13.7. The maximum Gasteiger partial charge on any atom is 0.258 e. The van der Waals surface area contributed by atoms with Crippen LogP contribution in [0.15, 0.2) is 47.4 Å². The number of para-hydroxylation sites is 1. The van der Waals surface area contributed by atoms with E-state index in [0.29, 0.717) is 12.2 Å². The van der Waals surface area contributed by atoms with E-state index in [1.807, 2.05) is 55.1 Å². The minimum atomic E-state index is 0.0545. The zero-order valence-electron chi connectivity index (χ0n) is 12.8. The Morgan fingerprint density at radius 2 is 2.09 bits per heavy atom. The average Bonchev–Trinajstić information content (AvgIpc) is 2.55. The third kappa shape index (κ3) is 2.83. The monoisotopic (exact) mass is 313 g/mol. The van der Waals surface area contributed by atoms with Crippen molar-refractivity contribution in [1.29, 1.82) is 0 Å². The van der Waals surface area contributed by atoms with E-state index in [9.17, 15) is 4.79 Å². The number of nitrogens with zero attached hydrogens (tertiary/aromatic N) is 1. The van der Waals surface area contributed by atoms with Gasteiger partial charge in [-0.05, 0) is 49.7 Å². The van der Waals surface area contributed by atoms with Gasteiger partial charge in [0.2, 0.25) is 0 Å². The van der Waals surface area contributed by atoms with Crippen molar-refractivity contribution in [1.82, 2.24) is 0 Å². The lowest BCUT2D eigenvalue weighted by Crippen LogP contribution is -2.35. The molecule has 22 heavy (non-hydrogen) atoms. The van der Waals surface area contributed by atoms with Gasteiger partial charge < -0.3 is 9.64 Å². The van der Waals surface area contributed by atoms with Gasteiger partial charge in [0.05, 0.1) is 12.3 Å². The second-order valence-electron chi connectivity index (χ2n) is 5.19. The van der Waals surface area contributed by atoms with Gasteiger partial charge in [-0.2, -0.15) is 0 Å². The van der Waals surface area contributed by atoms with E-state index in [4.69, 9.17) is 4.74 Å². The maximum absolute atomic E-state index is 12.9. The molecule has 2 aromatic rings. The zero-order chi connectivity index (χ0) is 15.5. The number of aryl methyl sites for hydroxylation is 1. The maximum atomic E-state index is 12.9. The first-order chi connectivity index (χ1) is 10.7. The molecule has 0 N–H and O–H groups in total. The fourth-order valence-corrected chi connectivity index (χ4v) is 3.63. The van der Waals surface area contributed by atoms with E-state index in [2.05, 4.69) is 6.07 Å². The fraction of sp³-hybridized carbons (Fsp3) is 0.278. The molecule has 0 saturated heterocycles. The summed E-state index contributed by atoms with van der Waals surface area (Å²) < 4.78 is 5.54. The fourth-order valence-electron chi connectivity index (χ4n) is 2.64. The summed E-state index contributed by atoms with van der Waals surface area (Å²) in [5.41, 5.74) is 2.71. The highest BCUT2D eigenvalue weighted by molar-refractivity contribution is 7.99. The molecular weight excluding hydrogens is 294 g/mol. The topological polar surface area (TPSA) is 29.5 Å². The SMILES string of the molecule is CCOc1ccc(C(=O)N2CCSc3ccccc32)cc1C. The minimum absolute atomic E-state index is 0.0545. The number of ether oxygens (including phenoxy) is 1. The van der Waals surface area contributed by atoms with E-state index in [0.717, 1.165) is 29.3 Å². The number of benzene rings is 2. The summed E-state index contributed by atoms with van der Waals surface area (Å²) in [6.45, 7) is 5.31. The van der Waals surface area contributed by atoms with Crippen LogP contribution in [0.25, 0.3) is 0 Å². The van der Waals surface area contributed by atoms with Crippen LogP contribution >= 0.6 is 11.8 Å². The molecule has 0 bridgehead atoms. The number of carbonyl (C=O) groups excluding carboxylic acids is 1. The first kappa shape index (κ1) is 15.0. The first-order valence-electron chi connectivity index (χ1n) is 7.48. The Morgan fingerprint density at radius 3 is 2.86 bits per heavy atom. The van der Waals surface area contributed by atoms with Gasteiger partial charge in [-0.15, -0.1) is 11.8 Å². The van der Waals surface area contributed by atoms with E-state index < -0.39 is 0 Å². The van der Waals surface area contributed by atoms with Crippen LogP contribution in [0.4, 0.5) is 5.69 Å². The van der Waals surface area contributed by atoms with E-state index in [-0.39, 0.29) is 5.91 Å². The Hall–Kier alpha value is -1.94. The van der Waals surface area contributed by atoms with Gasteiger partial charge in [0.1, 0.15) is 5.75 Å². The second-order valence-corrected chi connectivity index (χ2v) is 6.32. The molecule has 114 valence electrons. The van der Waals surface area contributed by atoms with Crippen molar-refractivity contribution in [2.75, 3.05) is 23.8 Å². The van der Waals surface area contributed by atoms with Crippen LogP contribution in [0.2, 0.25) is 0 Å². The standard InChI is InChI=1S/C18H19NO2S/c1-3-21-16-9-8-14(12-13(16)2)18(20)19-10-11-22-17-7-5-4-6-15(17)19/h4-9,12H,3,10-11H2,1-2H3. The number of fused-ring (bicyclic) bond motifs is 1. The summed E-state index contributed by atoms with van der Waals surface area (Å²) in [7, 11) is 0. The highest BCUT2D eigenvalue weighted by Gasteiger charge is 2.24. The highest BCUT2D eigenvalue weighted by Crippen LogP contribution is 2.35. The molecule has 0 spiro atoms. The predicted molar refractivity (Wildman–Crippen MR) is 91.2 cm³/mol. The molecule has 0 aliphatic carbocycles. The van der Waals surface area contributed by atoms with Crippen LogP contribution in [0.5, 0.6) is 5.75 Å². The van der Waals surface area contributed by atoms with Crippen molar-refractivity contribution in [2.45, 2.75) is 18.7 Å². The largest absolute Gasteiger partial charge is 0.494 e. The van der Waals surface area contributed by atoms with Gasteiger partial charge in [-0.3, -0.25) is 4.79 Å². The average molecular weight is 313 g/mol. The highest BCUT2D eigenvalue weighted by atomic mass is 32.2. The first-order valence-corrected chi connectivity index (χ1v) is 8.46. The molecule has 3 nitrogen and oxygen atoms in total. The van der Waals surface area contributed by atoms with Gasteiger partial charge in [0.15, 0.2) is 0 Å². The molecule has 1 aliphatic heterocycles. The van der Waals surface area contributed by atoms with E-state index in [1.165, 1.54) is 4.90 Å². The molecule has 0 atom stereocenters. The molecule has 0 saturated carbocycles. The summed E-state index contributed by atoms with van der Waals surface area (Å²) in [5, 5.41) is 0. The van der Waals surface area contributed by atoms with Gasteiger partial charge >= 0.3 is 0 Å². The van der Waals surface area contributed by atoms with Crippen molar-refractivity contribution >= 4 is 23.4 Å². The molecule has 0 aromatic heterocycles. The van der Waals surface area contributed by atoms with Crippen LogP contribution in [0.3, 0.4) is 0 Å². The summed E-state index contributed by atoms with van der Waals surface area (Å²) in [6.07, 6.45) is 0. The molecule has 0 fully saturated rings. The van der Waals surface area contributed by atoms with Crippen LogP contribution in [-0.2, 0) is 0 Å². The smallest absolute Gasteiger partial charge is 0.258 e. The van der Waals surface area contributed by atoms with Gasteiger partial charge in [-0.25, -0.2) is 0 Å². The molecular formula is C18H19NO2S. The van der Waals surface area contributed by atoms with E-state index >= 15 is 0 Å². The van der Waals surface area contributed by atoms with Crippen molar-refractivity contribution in [3.63, 3.8) is 0 Å². The lowest BCUT2D eigenvalue weighted by atomic mass is 10.1. The predicted octanol–water partition coefficient (Wildman–Crippen LogP) is 4.15. The third-order valence-electron chi connectivity index (χ3n) is 3.70. The van der Waals surface area contributed by atoms with Crippen LogP contribution in [0.1, 0.15) is 22.8 Å². The van der Waals surface area contributed by atoms with E-state index in [1.54, 1.807) is 11.8 Å². The van der Waals surface area contributed by atoms with Gasteiger partial charge in [0.25, 0.3) is 5.91 Å². The van der Waals surface area contributed by atoms with Crippen molar-refractivity contribution in [2.24, 2.45) is 0 Å². The number of thioether (sulfide) groups is 1. The normalized spacial score (nSPS) is 13.6. The summed E-state index contributed by atoms with van der Waals surface area (Å²) in [4.78, 5) is 15.9. The van der Waals surface area contributed by atoms with Crippen molar-refractivity contribution in [3.05, 3.63) is 53.6 Å². The zero-order valence-corrected chi connectivity index (χ0v) is 13.7. The minimum Gasteiger partial charge on any atom is -0.494 e. The Balaban J connectivity index is 1.90. The number of carbonyl (C=O) groups is 1. The lowest BCUT2D eigenvalue weighted by Gasteiger charge is -2.29. The molecule has 1 amide bonds. The molecule has 0 unspecified atom stereocenters. The van der Waals surface area contributed by atoms with Crippen LogP contribution in [-0.4, -0.2) is 24.8 Å². The summed E-state index contributed by atoms with van der Waals surface area (Å²) in [5.74, 6) is 1.83. The Kier molecular flexibility index (Phi) is 4.39. The number of hydrogen-bond acceptors (Lipinski definition) is 3. The number of anilines is 1. The summed E-state index contributed by atoms with van der Waals surface area (Å²) >= 11 is 1.80. The number of rotatable bonds is 3. The van der Waals surface area contributed by atoms with Crippen LogP contribution < -0.4 is 9.64 Å².